The highest BCUT2D eigenvalue weighted by molar-refractivity contribution is 7.80. The maximum absolute atomic E-state index is 12.6. The first-order valence-corrected chi connectivity index (χ1v) is 5.10. The average Bonchev–Trinajstić information content (AvgIpc) is 2.19. The van der Waals surface area contributed by atoms with Crippen LogP contribution in [0.25, 0.3) is 0 Å². The Morgan fingerprint density at radius 1 is 1.29 bits per heavy atom. The Bertz CT molecular complexity index is 295. The van der Waals surface area contributed by atoms with Crippen molar-refractivity contribution in [1.29, 1.82) is 0 Å². The van der Waals surface area contributed by atoms with Crippen LogP contribution in [0.5, 0.6) is 0 Å². The molecule has 0 saturated carbocycles. The topological polar surface area (TPSA) is 3.24 Å². The molecule has 0 heterocycles. The van der Waals surface area contributed by atoms with E-state index in [4.69, 9.17) is 0 Å². The van der Waals surface area contributed by atoms with Crippen LogP contribution in [0.2, 0.25) is 0 Å². The average molecular weight is 211 g/mol. The highest BCUT2D eigenvalue weighted by Gasteiger charge is 1.97. The van der Waals surface area contributed by atoms with E-state index in [0.717, 1.165) is 18.0 Å². The normalized spacial score (nSPS) is 10.8. The minimum Gasteiger partial charge on any atom is -0.371 e. The third-order valence-electron chi connectivity index (χ3n) is 1.92. The molecule has 1 aromatic carbocycles. The molecule has 0 unspecified atom stereocenters. The van der Waals surface area contributed by atoms with E-state index in [1.54, 1.807) is 12.1 Å². The lowest BCUT2D eigenvalue weighted by Gasteiger charge is -2.16. The van der Waals surface area contributed by atoms with Gasteiger partial charge in [-0.2, -0.15) is 12.6 Å². The number of halogens is 1. The molecular formula is C11H14FNS. The molecule has 0 aliphatic carbocycles. The SMILES string of the molecule is CN(CC=CCS)c1ccc(F)cc1. The fourth-order valence-electron chi connectivity index (χ4n) is 1.11. The van der Waals surface area contributed by atoms with Crippen LogP contribution in [0.15, 0.2) is 36.4 Å². The van der Waals surface area contributed by atoms with Crippen molar-refractivity contribution in [3.05, 3.63) is 42.2 Å². The molecule has 0 amide bonds. The molecule has 0 saturated heterocycles. The number of thiol groups is 1. The predicted octanol–water partition coefficient (Wildman–Crippen LogP) is 2.75. The summed E-state index contributed by atoms with van der Waals surface area (Å²) in [5.41, 5.74) is 1.01. The van der Waals surface area contributed by atoms with Crippen molar-refractivity contribution in [1.82, 2.24) is 0 Å². The molecule has 1 nitrogen and oxygen atoms in total. The van der Waals surface area contributed by atoms with Crippen LogP contribution in [0, 0.1) is 5.82 Å². The Hall–Kier alpha value is -0.960. The summed E-state index contributed by atoms with van der Waals surface area (Å²) in [4.78, 5) is 2.04. The molecule has 0 aromatic heterocycles. The van der Waals surface area contributed by atoms with Crippen molar-refractivity contribution in [2.75, 3.05) is 24.2 Å². The minimum absolute atomic E-state index is 0.201. The summed E-state index contributed by atoms with van der Waals surface area (Å²) in [6.07, 6.45) is 4.03. The zero-order chi connectivity index (χ0) is 10.4. The van der Waals surface area contributed by atoms with Crippen LogP contribution in [0.4, 0.5) is 10.1 Å². The second-order valence-electron chi connectivity index (χ2n) is 3.01. The fourth-order valence-corrected chi connectivity index (χ4v) is 1.26. The van der Waals surface area contributed by atoms with Crippen LogP contribution >= 0.6 is 12.6 Å². The predicted molar refractivity (Wildman–Crippen MR) is 62.7 cm³/mol. The molecule has 0 aliphatic heterocycles. The maximum atomic E-state index is 12.6. The quantitative estimate of drug-likeness (QED) is 0.592. The number of anilines is 1. The molecule has 0 bridgehead atoms. The van der Waals surface area contributed by atoms with E-state index in [2.05, 4.69) is 12.6 Å². The lowest BCUT2D eigenvalue weighted by atomic mass is 10.3. The van der Waals surface area contributed by atoms with Crippen molar-refractivity contribution in [3.63, 3.8) is 0 Å². The van der Waals surface area contributed by atoms with Crippen molar-refractivity contribution in [3.8, 4) is 0 Å². The van der Waals surface area contributed by atoms with Gasteiger partial charge in [-0.3, -0.25) is 0 Å². The van der Waals surface area contributed by atoms with Crippen LogP contribution in [-0.2, 0) is 0 Å². The fraction of sp³-hybridized carbons (Fsp3) is 0.273. The molecule has 0 N–H and O–H groups in total. The molecule has 3 heteroatoms. The number of hydrogen-bond acceptors (Lipinski definition) is 2. The lowest BCUT2D eigenvalue weighted by Crippen LogP contribution is -2.16. The Morgan fingerprint density at radius 3 is 2.50 bits per heavy atom. The largest absolute Gasteiger partial charge is 0.371 e. The number of nitrogens with zero attached hydrogens (tertiary/aromatic N) is 1. The molecule has 0 spiro atoms. The summed E-state index contributed by atoms with van der Waals surface area (Å²) < 4.78 is 12.6. The van der Waals surface area contributed by atoms with Gasteiger partial charge in [0, 0.05) is 25.0 Å². The van der Waals surface area contributed by atoms with E-state index >= 15 is 0 Å². The Balaban J connectivity index is 2.56. The maximum Gasteiger partial charge on any atom is 0.123 e. The number of benzene rings is 1. The minimum atomic E-state index is -0.201. The van der Waals surface area contributed by atoms with Crippen molar-refractivity contribution < 1.29 is 4.39 Å². The Labute approximate surface area is 89.6 Å². The molecule has 1 aromatic rings. The third kappa shape index (κ3) is 3.42. The Morgan fingerprint density at radius 2 is 1.93 bits per heavy atom. The van der Waals surface area contributed by atoms with E-state index in [0.29, 0.717) is 0 Å². The molecule has 1 rings (SSSR count). The molecule has 0 aliphatic rings. The Kier molecular flexibility index (Phi) is 4.53. The number of likely N-dealkylation sites (N-methyl/N-ethyl adjacent to an activating group) is 1. The summed E-state index contributed by atoms with van der Waals surface area (Å²) in [7, 11) is 1.97. The lowest BCUT2D eigenvalue weighted by molar-refractivity contribution is 0.627. The first-order chi connectivity index (χ1) is 6.74. The van der Waals surface area contributed by atoms with Gasteiger partial charge in [-0.25, -0.2) is 4.39 Å². The molecule has 76 valence electrons. The van der Waals surface area contributed by atoms with Crippen molar-refractivity contribution >= 4 is 18.3 Å². The van der Waals surface area contributed by atoms with Crippen LogP contribution in [0.3, 0.4) is 0 Å². The van der Waals surface area contributed by atoms with Gasteiger partial charge in [-0.1, -0.05) is 12.2 Å². The van der Waals surface area contributed by atoms with Gasteiger partial charge >= 0.3 is 0 Å². The summed E-state index contributed by atoms with van der Waals surface area (Å²) in [6, 6.07) is 6.47. The third-order valence-corrected chi connectivity index (χ3v) is 2.13. The van der Waals surface area contributed by atoms with Crippen LogP contribution in [0.1, 0.15) is 0 Å². The van der Waals surface area contributed by atoms with Crippen LogP contribution < -0.4 is 4.90 Å². The van der Waals surface area contributed by atoms with E-state index in [1.165, 1.54) is 12.1 Å². The van der Waals surface area contributed by atoms with Crippen LogP contribution in [-0.4, -0.2) is 19.3 Å². The second-order valence-corrected chi connectivity index (χ2v) is 3.38. The highest BCUT2D eigenvalue weighted by atomic mass is 32.1. The van der Waals surface area contributed by atoms with Gasteiger partial charge in [0.25, 0.3) is 0 Å². The standard InChI is InChI=1S/C11H14FNS/c1-13(8-2-3-9-14)11-6-4-10(12)5-7-11/h2-7,14H,8-9H2,1H3. The summed E-state index contributed by atoms with van der Waals surface area (Å²) in [5.74, 6) is 0.546. The van der Waals surface area contributed by atoms with Gasteiger partial charge in [0.05, 0.1) is 0 Å². The first kappa shape index (κ1) is 11.1. The second kappa shape index (κ2) is 5.70. The van der Waals surface area contributed by atoms with E-state index < -0.39 is 0 Å². The van der Waals surface area contributed by atoms with E-state index in [-0.39, 0.29) is 5.82 Å². The van der Waals surface area contributed by atoms with Gasteiger partial charge in [0.1, 0.15) is 5.82 Å². The van der Waals surface area contributed by atoms with Gasteiger partial charge in [-0.05, 0) is 24.3 Å². The molecule has 14 heavy (non-hydrogen) atoms. The monoisotopic (exact) mass is 211 g/mol. The highest BCUT2D eigenvalue weighted by Crippen LogP contribution is 2.12. The summed E-state index contributed by atoms with van der Waals surface area (Å²) >= 11 is 4.07. The zero-order valence-corrected chi connectivity index (χ0v) is 9.05. The molecule has 0 atom stereocenters. The van der Waals surface area contributed by atoms with Crippen molar-refractivity contribution in [2.24, 2.45) is 0 Å². The van der Waals surface area contributed by atoms with Gasteiger partial charge in [0.2, 0.25) is 0 Å². The summed E-state index contributed by atoms with van der Waals surface area (Å²) in [6.45, 7) is 0.812. The molecular weight excluding hydrogens is 197 g/mol. The van der Waals surface area contributed by atoms with Gasteiger partial charge < -0.3 is 4.90 Å². The zero-order valence-electron chi connectivity index (χ0n) is 8.15. The van der Waals surface area contributed by atoms with E-state index in [9.17, 15) is 4.39 Å². The van der Waals surface area contributed by atoms with E-state index in [1.807, 2.05) is 24.1 Å². The molecule has 0 radical (unpaired) electrons. The van der Waals surface area contributed by atoms with Gasteiger partial charge in [0.15, 0.2) is 0 Å². The molecule has 0 fully saturated rings. The van der Waals surface area contributed by atoms with Gasteiger partial charge in [-0.15, -0.1) is 0 Å². The number of rotatable bonds is 4. The first-order valence-electron chi connectivity index (χ1n) is 4.46. The smallest absolute Gasteiger partial charge is 0.123 e. The number of hydrogen-bond donors (Lipinski definition) is 1. The summed E-state index contributed by atoms with van der Waals surface area (Å²) in [5, 5.41) is 0. The van der Waals surface area contributed by atoms with Crippen molar-refractivity contribution in [2.45, 2.75) is 0 Å².